The maximum atomic E-state index is 5.29. The lowest BCUT2D eigenvalue weighted by Crippen LogP contribution is -2.37. The minimum Gasteiger partial charge on any atom is -0.467 e. The van der Waals surface area contributed by atoms with Crippen molar-refractivity contribution in [2.45, 2.75) is 44.6 Å². The lowest BCUT2D eigenvalue weighted by Gasteiger charge is -2.29. The highest BCUT2D eigenvalue weighted by atomic mass is 16.5. The molecule has 2 aliphatic rings. The Bertz CT molecular complexity index is 495. The molecule has 2 aliphatic heterocycles. The van der Waals surface area contributed by atoms with Gasteiger partial charge in [0.15, 0.2) is 0 Å². The molecule has 1 aromatic heterocycles. The van der Waals surface area contributed by atoms with Crippen molar-refractivity contribution < 1.29 is 4.74 Å². The van der Waals surface area contributed by atoms with Gasteiger partial charge in [0.25, 0.3) is 0 Å². The zero-order chi connectivity index (χ0) is 16.1. The molecule has 2 fully saturated rings. The number of nitrogens with zero attached hydrogens (tertiary/aromatic N) is 5. The summed E-state index contributed by atoms with van der Waals surface area (Å²) in [5, 5.41) is 3.48. The third-order valence-corrected chi connectivity index (χ3v) is 4.73. The summed E-state index contributed by atoms with van der Waals surface area (Å²) in [6.07, 6.45) is 7.21. The van der Waals surface area contributed by atoms with Crippen LogP contribution >= 0.6 is 0 Å². The molecule has 0 amide bonds. The van der Waals surface area contributed by atoms with Gasteiger partial charge in [-0.2, -0.15) is 15.0 Å². The molecular weight excluding hydrogens is 292 g/mol. The molecule has 0 bridgehead atoms. The average molecular weight is 320 g/mol. The van der Waals surface area contributed by atoms with Crippen molar-refractivity contribution in [3.8, 4) is 6.01 Å². The van der Waals surface area contributed by atoms with E-state index in [1.165, 1.54) is 25.7 Å². The molecule has 3 rings (SSSR count). The number of piperidine rings is 1. The van der Waals surface area contributed by atoms with Gasteiger partial charge >= 0.3 is 6.01 Å². The van der Waals surface area contributed by atoms with E-state index in [2.05, 4.69) is 37.1 Å². The largest absolute Gasteiger partial charge is 0.467 e. The molecule has 0 saturated carbocycles. The molecule has 0 aliphatic carbocycles. The number of hydrogen-bond acceptors (Lipinski definition) is 7. The molecule has 0 spiro atoms. The van der Waals surface area contributed by atoms with Crippen LogP contribution in [0.3, 0.4) is 0 Å². The van der Waals surface area contributed by atoms with Crippen LogP contribution in [-0.2, 0) is 0 Å². The quantitative estimate of drug-likeness (QED) is 0.907. The standard InChI is InChI=1S/C16H28N6O/c1-21-11-7-13(8-12-21)17-14-18-15(20-16(19-14)23-2)22-9-5-3-4-6-10-22/h13H,3-12H2,1-2H3,(H,17,18,19,20). The van der Waals surface area contributed by atoms with Crippen LogP contribution in [0, 0.1) is 0 Å². The molecule has 0 radical (unpaired) electrons. The third-order valence-electron chi connectivity index (χ3n) is 4.73. The summed E-state index contributed by atoms with van der Waals surface area (Å²) in [7, 11) is 3.78. The highest BCUT2D eigenvalue weighted by Crippen LogP contribution is 2.20. The average Bonchev–Trinajstić information content (AvgIpc) is 2.86. The summed E-state index contributed by atoms with van der Waals surface area (Å²) in [5.74, 6) is 1.39. The van der Waals surface area contributed by atoms with Gasteiger partial charge in [-0.3, -0.25) is 0 Å². The van der Waals surface area contributed by atoms with Crippen LogP contribution in [0.4, 0.5) is 11.9 Å². The third kappa shape index (κ3) is 4.43. The van der Waals surface area contributed by atoms with Crippen LogP contribution in [0.2, 0.25) is 0 Å². The van der Waals surface area contributed by atoms with E-state index in [-0.39, 0.29) is 0 Å². The first-order valence-electron chi connectivity index (χ1n) is 8.74. The number of rotatable bonds is 4. The number of likely N-dealkylation sites (tertiary alicyclic amines) is 1. The molecule has 7 nitrogen and oxygen atoms in total. The highest BCUT2D eigenvalue weighted by molar-refractivity contribution is 5.39. The summed E-state index contributed by atoms with van der Waals surface area (Å²) < 4.78 is 5.29. The first kappa shape index (κ1) is 16.2. The zero-order valence-corrected chi connectivity index (χ0v) is 14.3. The normalized spacial score (nSPS) is 21.0. The smallest absolute Gasteiger partial charge is 0.322 e. The highest BCUT2D eigenvalue weighted by Gasteiger charge is 2.20. The molecule has 0 atom stereocenters. The Morgan fingerprint density at radius 1 is 0.957 bits per heavy atom. The fraction of sp³-hybridized carbons (Fsp3) is 0.812. The zero-order valence-electron chi connectivity index (χ0n) is 14.3. The van der Waals surface area contributed by atoms with E-state index >= 15 is 0 Å². The predicted octanol–water partition coefficient (Wildman–Crippen LogP) is 1.77. The van der Waals surface area contributed by atoms with Crippen molar-refractivity contribution in [2.75, 3.05) is 50.6 Å². The molecule has 128 valence electrons. The van der Waals surface area contributed by atoms with Crippen LogP contribution in [0.25, 0.3) is 0 Å². The molecular formula is C16H28N6O. The Morgan fingerprint density at radius 2 is 1.65 bits per heavy atom. The van der Waals surface area contributed by atoms with E-state index in [9.17, 15) is 0 Å². The summed E-state index contributed by atoms with van der Waals surface area (Å²) in [6, 6.07) is 0.824. The fourth-order valence-corrected chi connectivity index (χ4v) is 3.25. The number of ether oxygens (including phenoxy) is 1. The first-order valence-corrected chi connectivity index (χ1v) is 8.74. The van der Waals surface area contributed by atoms with E-state index in [1.807, 2.05) is 0 Å². The number of hydrogen-bond donors (Lipinski definition) is 1. The second-order valence-electron chi connectivity index (χ2n) is 6.57. The van der Waals surface area contributed by atoms with Gasteiger partial charge < -0.3 is 19.9 Å². The Balaban J connectivity index is 1.73. The summed E-state index contributed by atoms with van der Waals surface area (Å²) in [6.45, 7) is 4.25. The van der Waals surface area contributed by atoms with E-state index in [4.69, 9.17) is 4.74 Å². The summed E-state index contributed by atoms with van der Waals surface area (Å²) >= 11 is 0. The monoisotopic (exact) mass is 320 g/mol. The van der Waals surface area contributed by atoms with Crippen molar-refractivity contribution in [1.82, 2.24) is 19.9 Å². The topological polar surface area (TPSA) is 66.4 Å². The number of aromatic nitrogens is 3. The number of nitrogens with one attached hydrogen (secondary N) is 1. The van der Waals surface area contributed by atoms with Gasteiger partial charge in [0.2, 0.25) is 11.9 Å². The van der Waals surface area contributed by atoms with Crippen LogP contribution in [0.15, 0.2) is 0 Å². The molecule has 23 heavy (non-hydrogen) atoms. The van der Waals surface area contributed by atoms with Gasteiger partial charge in [-0.25, -0.2) is 0 Å². The number of methoxy groups -OCH3 is 1. The van der Waals surface area contributed by atoms with Crippen molar-refractivity contribution in [3.63, 3.8) is 0 Å². The van der Waals surface area contributed by atoms with Gasteiger partial charge in [0, 0.05) is 19.1 Å². The van der Waals surface area contributed by atoms with E-state index < -0.39 is 0 Å². The Hall–Kier alpha value is -1.63. The maximum Gasteiger partial charge on any atom is 0.322 e. The van der Waals surface area contributed by atoms with E-state index in [1.54, 1.807) is 7.11 Å². The predicted molar refractivity (Wildman–Crippen MR) is 91.2 cm³/mol. The molecule has 1 N–H and O–H groups in total. The van der Waals surface area contributed by atoms with Crippen molar-refractivity contribution >= 4 is 11.9 Å². The van der Waals surface area contributed by atoms with E-state index in [0.29, 0.717) is 18.0 Å². The maximum absolute atomic E-state index is 5.29. The SMILES string of the molecule is COc1nc(NC2CCN(C)CC2)nc(N2CCCCCC2)n1. The number of anilines is 2. The lowest BCUT2D eigenvalue weighted by atomic mass is 10.1. The van der Waals surface area contributed by atoms with E-state index in [0.717, 1.165) is 45.0 Å². The van der Waals surface area contributed by atoms with Gasteiger partial charge in [-0.1, -0.05) is 12.8 Å². The fourth-order valence-electron chi connectivity index (χ4n) is 3.25. The summed E-state index contributed by atoms with van der Waals surface area (Å²) in [5.41, 5.74) is 0. The Labute approximate surface area is 138 Å². The second-order valence-corrected chi connectivity index (χ2v) is 6.57. The van der Waals surface area contributed by atoms with Crippen LogP contribution in [0.1, 0.15) is 38.5 Å². The molecule has 0 unspecified atom stereocenters. The van der Waals surface area contributed by atoms with Crippen molar-refractivity contribution in [1.29, 1.82) is 0 Å². The van der Waals surface area contributed by atoms with Crippen LogP contribution < -0.4 is 15.0 Å². The van der Waals surface area contributed by atoms with Gasteiger partial charge in [-0.05, 0) is 45.8 Å². The molecule has 7 heteroatoms. The Kier molecular flexibility index (Phi) is 5.48. The van der Waals surface area contributed by atoms with Crippen LogP contribution in [-0.4, -0.2) is 66.2 Å². The first-order chi connectivity index (χ1) is 11.2. The molecule has 2 saturated heterocycles. The molecule has 3 heterocycles. The molecule has 0 aromatic carbocycles. The summed E-state index contributed by atoms with van der Waals surface area (Å²) in [4.78, 5) is 18.1. The Morgan fingerprint density at radius 3 is 2.30 bits per heavy atom. The lowest BCUT2D eigenvalue weighted by molar-refractivity contribution is 0.263. The van der Waals surface area contributed by atoms with Crippen LogP contribution in [0.5, 0.6) is 6.01 Å². The van der Waals surface area contributed by atoms with Gasteiger partial charge in [-0.15, -0.1) is 0 Å². The minimum absolute atomic E-state index is 0.398. The van der Waals surface area contributed by atoms with Gasteiger partial charge in [0.1, 0.15) is 0 Å². The van der Waals surface area contributed by atoms with Crippen molar-refractivity contribution in [2.24, 2.45) is 0 Å². The van der Waals surface area contributed by atoms with Gasteiger partial charge in [0.05, 0.1) is 7.11 Å². The van der Waals surface area contributed by atoms with Crippen molar-refractivity contribution in [3.05, 3.63) is 0 Å². The second kappa shape index (κ2) is 7.77. The molecule has 1 aromatic rings. The minimum atomic E-state index is 0.398.